The molecule has 0 heterocycles. The first-order chi connectivity index (χ1) is 8.13. The summed E-state index contributed by atoms with van der Waals surface area (Å²) < 4.78 is 25.5. The molecule has 3 heteroatoms. The highest BCUT2D eigenvalue weighted by Gasteiger charge is 2.01. The SMILES string of the molecule is CCCCC[C@H](O)C#Cc1ccc(F)c(F)c1. The highest BCUT2D eigenvalue weighted by atomic mass is 19.2. The number of aliphatic hydroxyl groups is 1. The van der Waals surface area contributed by atoms with Crippen LogP contribution in [0.15, 0.2) is 18.2 Å². The van der Waals surface area contributed by atoms with Crippen molar-refractivity contribution in [3.05, 3.63) is 35.4 Å². The molecule has 1 aromatic carbocycles. The third-order valence-electron chi connectivity index (χ3n) is 2.38. The molecule has 0 aliphatic heterocycles. The van der Waals surface area contributed by atoms with E-state index in [9.17, 15) is 13.9 Å². The molecule has 0 unspecified atom stereocenters. The number of aliphatic hydroxyl groups excluding tert-OH is 1. The molecule has 0 aliphatic rings. The first kappa shape index (κ1) is 13.7. The smallest absolute Gasteiger partial charge is 0.160 e. The maximum absolute atomic E-state index is 12.8. The number of hydrogen-bond donors (Lipinski definition) is 1. The molecule has 1 aromatic rings. The van der Waals surface area contributed by atoms with Gasteiger partial charge in [-0.3, -0.25) is 0 Å². The number of rotatable bonds is 4. The highest BCUT2D eigenvalue weighted by Crippen LogP contribution is 2.08. The molecule has 0 radical (unpaired) electrons. The van der Waals surface area contributed by atoms with Gasteiger partial charge in [-0.05, 0) is 31.0 Å². The second-order valence-corrected chi connectivity index (χ2v) is 3.91. The number of unbranched alkanes of at least 4 members (excludes halogenated alkanes) is 2. The van der Waals surface area contributed by atoms with Crippen LogP contribution < -0.4 is 0 Å². The standard InChI is InChI=1S/C14H16F2O/c1-2-3-4-5-12(17)8-6-11-7-9-13(15)14(16)10-11/h7,9-10,12,17H,2-5H2,1H3/t12-/m0/s1. The van der Waals surface area contributed by atoms with Crippen molar-refractivity contribution in [2.75, 3.05) is 0 Å². The first-order valence-electron chi connectivity index (χ1n) is 5.78. The van der Waals surface area contributed by atoms with E-state index in [0.717, 1.165) is 31.4 Å². The van der Waals surface area contributed by atoms with Crippen LogP contribution in [-0.4, -0.2) is 11.2 Å². The Kier molecular flexibility index (Phi) is 5.65. The lowest BCUT2D eigenvalue weighted by Gasteiger charge is -2.01. The molecular formula is C14H16F2O. The Morgan fingerprint density at radius 3 is 2.65 bits per heavy atom. The van der Waals surface area contributed by atoms with Crippen LogP contribution >= 0.6 is 0 Å². The molecule has 0 saturated heterocycles. The van der Waals surface area contributed by atoms with E-state index in [1.165, 1.54) is 6.07 Å². The van der Waals surface area contributed by atoms with Crippen LogP contribution in [0.1, 0.15) is 38.2 Å². The molecule has 0 amide bonds. The summed E-state index contributed by atoms with van der Waals surface area (Å²) in [5.41, 5.74) is 0.374. The fourth-order valence-electron chi connectivity index (χ4n) is 1.40. The third kappa shape index (κ3) is 4.97. The Morgan fingerprint density at radius 1 is 1.24 bits per heavy atom. The van der Waals surface area contributed by atoms with Crippen LogP contribution in [0.3, 0.4) is 0 Å². The quantitative estimate of drug-likeness (QED) is 0.630. The maximum Gasteiger partial charge on any atom is 0.160 e. The predicted octanol–water partition coefficient (Wildman–Crippen LogP) is 3.26. The van der Waals surface area contributed by atoms with Gasteiger partial charge in [0.1, 0.15) is 6.10 Å². The molecule has 0 aromatic heterocycles. The van der Waals surface area contributed by atoms with Crippen molar-refractivity contribution < 1.29 is 13.9 Å². The molecule has 1 N–H and O–H groups in total. The average molecular weight is 238 g/mol. The lowest BCUT2D eigenvalue weighted by atomic mass is 10.1. The van der Waals surface area contributed by atoms with Gasteiger partial charge in [0, 0.05) is 5.56 Å². The van der Waals surface area contributed by atoms with Crippen molar-refractivity contribution in [3.63, 3.8) is 0 Å². The Hall–Kier alpha value is -1.40. The summed E-state index contributed by atoms with van der Waals surface area (Å²) in [5.74, 6) is 3.44. The average Bonchev–Trinajstić information content (AvgIpc) is 2.31. The van der Waals surface area contributed by atoms with Gasteiger partial charge in [0.05, 0.1) is 0 Å². The molecule has 0 spiro atoms. The van der Waals surface area contributed by atoms with E-state index >= 15 is 0 Å². The third-order valence-corrected chi connectivity index (χ3v) is 2.38. The van der Waals surface area contributed by atoms with Crippen LogP contribution in [-0.2, 0) is 0 Å². The fourth-order valence-corrected chi connectivity index (χ4v) is 1.40. The van der Waals surface area contributed by atoms with Crippen LogP contribution in [0, 0.1) is 23.5 Å². The van der Waals surface area contributed by atoms with Crippen molar-refractivity contribution in [2.45, 2.75) is 38.7 Å². The van der Waals surface area contributed by atoms with E-state index in [0.29, 0.717) is 12.0 Å². The molecule has 0 saturated carbocycles. The van der Waals surface area contributed by atoms with Gasteiger partial charge in [0.25, 0.3) is 0 Å². The van der Waals surface area contributed by atoms with E-state index in [1.807, 2.05) is 0 Å². The number of hydrogen-bond acceptors (Lipinski definition) is 1. The molecule has 0 aliphatic carbocycles. The lowest BCUT2D eigenvalue weighted by molar-refractivity contribution is 0.217. The zero-order valence-corrected chi connectivity index (χ0v) is 9.84. The van der Waals surface area contributed by atoms with Gasteiger partial charge in [-0.25, -0.2) is 8.78 Å². The van der Waals surface area contributed by atoms with Crippen LogP contribution in [0.2, 0.25) is 0 Å². The minimum Gasteiger partial charge on any atom is -0.380 e. The second-order valence-electron chi connectivity index (χ2n) is 3.91. The Balaban J connectivity index is 2.55. The molecule has 1 nitrogen and oxygen atoms in total. The topological polar surface area (TPSA) is 20.2 Å². The van der Waals surface area contributed by atoms with E-state index in [-0.39, 0.29) is 0 Å². The van der Waals surface area contributed by atoms with Gasteiger partial charge in [0.2, 0.25) is 0 Å². The van der Waals surface area contributed by atoms with Gasteiger partial charge >= 0.3 is 0 Å². The van der Waals surface area contributed by atoms with Gasteiger partial charge in [0.15, 0.2) is 11.6 Å². The van der Waals surface area contributed by atoms with Crippen molar-refractivity contribution in [3.8, 4) is 11.8 Å². The van der Waals surface area contributed by atoms with Crippen LogP contribution in [0.25, 0.3) is 0 Å². The summed E-state index contributed by atoms with van der Waals surface area (Å²) in [6, 6.07) is 3.45. The number of benzene rings is 1. The molecule has 1 atom stereocenters. The summed E-state index contributed by atoms with van der Waals surface area (Å²) >= 11 is 0. The van der Waals surface area contributed by atoms with E-state index < -0.39 is 17.7 Å². The minimum atomic E-state index is -0.919. The van der Waals surface area contributed by atoms with Crippen molar-refractivity contribution in [1.82, 2.24) is 0 Å². The van der Waals surface area contributed by atoms with E-state index in [4.69, 9.17) is 0 Å². The number of halogens is 2. The summed E-state index contributed by atoms with van der Waals surface area (Å²) in [6.45, 7) is 2.08. The van der Waals surface area contributed by atoms with E-state index in [2.05, 4.69) is 18.8 Å². The van der Waals surface area contributed by atoms with E-state index in [1.54, 1.807) is 0 Å². The molecule has 0 bridgehead atoms. The van der Waals surface area contributed by atoms with Gasteiger partial charge in [-0.15, -0.1) is 0 Å². The first-order valence-corrected chi connectivity index (χ1v) is 5.78. The van der Waals surface area contributed by atoms with Gasteiger partial charge < -0.3 is 5.11 Å². The van der Waals surface area contributed by atoms with Crippen molar-refractivity contribution in [2.24, 2.45) is 0 Å². The summed E-state index contributed by atoms with van der Waals surface area (Å²) in [4.78, 5) is 0. The fraction of sp³-hybridized carbons (Fsp3) is 0.429. The van der Waals surface area contributed by atoms with Gasteiger partial charge in [-0.1, -0.05) is 31.6 Å². The molecule has 17 heavy (non-hydrogen) atoms. The minimum absolute atomic E-state index is 0.374. The van der Waals surface area contributed by atoms with Gasteiger partial charge in [-0.2, -0.15) is 0 Å². The predicted molar refractivity (Wildman–Crippen MR) is 63.4 cm³/mol. The summed E-state index contributed by atoms with van der Waals surface area (Å²) in [7, 11) is 0. The Bertz CT molecular complexity index is 418. The second kappa shape index (κ2) is 7.03. The van der Waals surface area contributed by atoms with Crippen LogP contribution in [0.5, 0.6) is 0 Å². The van der Waals surface area contributed by atoms with Crippen molar-refractivity contribution >= 4 is 0 Å². The molecule has 1 rings (SSSR count). The van der Waals surface area contributed by atoms with Crippen LogP contribution in [0.4, 0.5) is 8.78 Å². The Labute approximate surface area is 100 Å². The molecule has 92 valence electrons. The highest BCUT2D eigenvalue weighted by molar-refractivity contribution is 5.35. The normalized spacial score (nSPS) is 11.8. The Morgan fingerprint density at radius 2 is 2.00 bits per heavy atom. The lowest BCUT2D eigenvalue weighted by Crippen LogP contribution is -2.02. The van der Waals surface area contributed by atoms with Crippen molar-refractivity contribution in [1.29, 1.82) is 0 Å². The summed E-state index contributed by atoms with van der Waals surface area (Å²) in [6.07, 6.45) is 2.98. The zero-order chi connectivity index (χ0) is 12.7. The monoisotopic (exact) mass is 238 g/mol. The molecular weight excluding hydrogens is 222 g/mol. The summed E-state index contributed by atoms with van der Waals surface area (Å²) in [5, 5.41) is 9.52. The maximum atomic E-state index is 12.8. The molecule has 0 fully saturated rings. The largest absolute Gasteiger partial charge is 0.380 e. The zero-order valence-electron chi connectivity index (χ0n) is 9.84.